The Morgan fingerprint density at radius 2 is 2.32 bits per heavy atom. The predicted octanol–water partition coefficient (Wildman–Crippen LogP) is 2.24. The average Bonchev–Trinajstić information content (AvgIpc) is 3.08. The number of rotatable bonds is 3. The van der Waals surface area contributed by atoms with Gasteiger partial charge in [0.05, 0.1) is 6.04 Å². The van der Waals surface area contributed by atoms with E-state index in [4.69, 9.17) is 15.0 Å². The Balaban J connectivity index is 1.88. The Kier molecular flexibility index (Phi) is 3.12. The van der Waals surface area contributed by atoms with Gasteiger partial charge in [0.1, 0.15) is 16.3 Å². The molecule has 1 aliphatic heterocycles. The molecule has 0 bridgehead atoms. The molecule has 0 aliphatic carbocycles. The summed E-state index contributed by atoms with van der Waals surface area (Å²) in [6.07, 6.45) is 1.93. The molecule has 1 saturated heterocycles. The van der Waals surface area contributed by atoms with Crippen LogP contribution in [0.2, 0.25) is 0 Å². The fourth-order valence-electron chi connectivity index (χ4n) is 2.09. The Hall–Kier alpha value is -1.31. The average molecular weight is 280 g/mol. The van der Waals surface area contributed by atoms with Crippen LogP contribution in [-0.2, 0) is 10.3 Å². The molecule has 1 fully saturated rings. The highest BCUT2D eigenvalue weighted by Crippen LogP contribution is 2.34. The lowest BCUT2D eigenvalue weighted by molar-refractivity contribution is 0.00768. The Bertz CT molecular complexity index is 572. The van der Waals surface area contributed by atoms with Crippen LogP contribution in [-0.4, -0.2) is 21.7 Å². The van der Waals surface area contributed by atoms with Crippen LogP contribution in [0.4, 0.5) is 0 Å². The zero-order valence-electron chi connectivity index (χ0n) is 10.9. The largest absolute Gasteiger partial charge is 0.367 e. The summed E-state index contributed by atoms with van der Waals surface area (Å²) in [5.41, 5.74) is 6.04. The van der Waals surface area contributed by atoms with Gasteiger partial charge in [-0.25, -0.2) is 4.98 Å². The smallest absolute Gasteiger partial charge is 0.277 e. The topological polar surface area (TPSA) is 87.1 Å². The van der Waals surface area contributed by atoms with E-state index in [-0.39, 0.29) is 6.04 Å². The second-order valence-electron chi connectivity index (χ2n) is 4.97. The van der Waals surface area contributed by atoms with Crippen molar-refractivity contribution in [2.24, 2.45) is 5.73 Å². The van der Waals surface area contributed by atoms with Gasteiger partial charge in [-0.2, -0.15) is 4.98 Å². The molecule has 3 rings (SSSR count). The lowest BCUT2D eigenvalue weighted by Crippen LogP contribution is -2.21. The van der Waals surface area contributed by atoms with Crippen molar-refractivity contribution in [3.05, 3.63) is 16.2 Å². The number of thiazole rings is 1. The number of hydrogen-bond donors (Lipinski definition) is 1. The van der Waals surface area contributed by atoms with E-state index < -0.39 is 5.60 Å². The van der Waals surface area contributed by atoms with Gasteiger partial charge in [-0.3, -0.25) is 0 Å². The molecule has 6 nitrogen and oxygen atoms in total. The third kappa shape index (κ3) is 2.29. The summed E-state index contributed by atoms with van der Waals surface area (Å²) in [4.78, 5) is 8.81. The summed E-state index contributed by atoms with van der Waals surface area (Å²) in [5.74, 6) is 1.02. The standard InChI is InChI=1S/C12H16N4O2S/c1-7(13)10-14-8(6-19-10)9-15-11(16-18-9)12(2)4-3-5-17-12/h6-7H,3-5,13H2,1-2H3. The fraction of sp³-hybridized carbons (Fsp3) is 0.583. The van der Waals surface area contributed by atoms with Gasteiger partial charge in [0.15, 0.2) is 0 Å². The quantitative estimate of drug-likeness (QED) is 0.927. The van der Waals surface area contributed by atoms with Gasteiger partial charge < -0.3 is 15.0 Å². The van der Waals surface area contributed by atoms with E-state index in [9.17, 15) is 0 Å². The highest BCUT2D eigenvalue weighted by molar-refractivity contribution is 7.10. The van der Waals surface area contributed by atoms with E-state index in [0.717, 1.165) is 24.5 Å². The lowest BCUT2D eigenvalue weighted by Gasteiger charge is -2.17. The van der Waals surface area contributed by atoms with E-state index in [1.54, 1.807) is 0 Å². The van der Waals surface area contributed by atoms with Crippen LogP contribution >= 0.6 is 11.3 Å². The highest BCUT2D eigenvalue weighted by atomic mass is 32.1. The summed E-state index contributed by atoms with van der Waals surface area (Å²) < 4.78 is 11.0. The zero-order valence-corrected chi connectivity index (χ0v) is 11.7. The molecule has 0 saturated carbocycles. The van der Waals surface area contributed by atoms with Crippen molar-refractivity contribution in [2.75, 3.05) is 6.61 Å². The normalized spacial score (nSPS) is 24.8. The molecule has 19 heavy (non-hydrogen) atoms. The van der Waals surface area contributed by atoms with Crippen molar-refractivity contribution in [1.82, 2.24) is 15.1 Å². The molecule has 102 valence electrons. The van der Waals surface area contributed by atoms with E-state index in [2.05, 4.69) is 15.1 Å². The van der Waals surface area contributed by atoms with Crippen molar-refractivity contribution in [1.29, 1.82) is 0 Å². The van der Waals surface area contributed by atoms with Crippen LogP contribution in [0.15, 0.2) is 9.90 Å². The number of ether oxygens (including phenoxy) is 1. The van der Waals surface area contributed by atoms with Crippen molar-refractivity contribution in [3.63, 3.8) is 0 Å². The summed E-state index contributed by atoms with van der Waals surface area (Å²) >= 11 is 1.50. The van der Waals surface area contributed by atoms with Gasteiger partial charge in [0.2, 0.25) is 5.82 Å². The SMILES string of the molecule is CC(N)c1nc(-c2nc(C3(C)CCCO3)no2)cs1. The van der Waals surface area contributed by atoms with Gasteiger partial charge in [0.25, 0.3) is 5.89 Å². The van der Waals surface area contributed by atoms with Crippen molar-refractivity contribution in [3.8, 4) is 11.6 Å². The number of nitrogens with zero attached hydrogens (tertiary/aromatic N) is 3. The lowest BCUT2D eigenvalue weighted by atomic mass is 10.0. The Labute approximate surface area is 115 Å². The molecule has 7 heteroatoms. The molecule has 2 aromatic heterocycles. The van der Waals surface area contributed by atoms with Crippen LogP contribution in [0.25, 0.3) is 11.6 Å². The Morgan fingerprint density at radius 3 is 2.95 bits per heavy atom. The Morgan fingerprint density at radius 1 is 1.47 bits per heavy atom. The monoisotopic (exact) mass is 280 g/mol. The van der Waals surface area contributed by atoms with Crippen molar-refractivity contribution in [2.45, 2.75) is 38.3 Å². The first kappa shape index (κ1) is 12.7. The molecule has 0 spiro atoms. The maximum Gasteiger partial charge on any atom is 0.277 e. The summed E-state index contributed by atoms with van der Waals surface area (Å²) in [6, 6.07) is -0.0863. The predicted molar refractivity (Wildman–Crippen MR) is 70.5 cm³/mol. The van der Waals surface area contributed by atoms with E-state index in [1.165, 1.54) is 11.3 Å². The molecule has 1 aliphatic rings. The first-order chi connectivity index (χ1) is 9.08. The van der Waals surface area contributed by atoms with E-state index in [0.29, 0.717) is 17.4 Å². The minimum atomic E-state index is -0.429. The molecular formula is C12H16N4O2S. The van der Waals surface area contributed by atoms with Crippen molar-refractivity contribution >= 4 is 11.3 Å². The van der Waals surface area contributed by atoms with Gasteiger partial charge >= 0.3 is 0 Å². The molecule has 0 amide bonds. The first-order valence-electron chi connectivity index (χ1n) is 6.28. The first-order valence-corrected chi connectivity index (χ1v) is 7.16. The molecule has 2 aromatic rings. The molecule has 3 heterocycles. The molecule has 2 N–H and O–H groups in total. The van der Waals surface area contributed by atoms with Crippen molar-refractivity contribution < 1.29 is 9.26 Å². The highest BCUT2D eigenvalue weighted by Gasteiger charge is 2.36. The molecule has 2 atom stereocenters. The molecule has 0 radical (unpaired) electrons. The molecule has 0 aromatic carbocycles. The van der Waals surface area contributed by atoms with Crippen LogP contribution < -0.4 is 5.73 Å². The number of nitrogens with two attached hydrogens (primary N) is 1. The molecular weight excluding hydrogens is 264 g/mol. The molecule has 2 unspecified atom stereocenters. The summed E-state index contributed by atoms with van der Waals surface area (Å²) in [7, 11) is 0. The third-order valence-corrected chi connectivity index (χ3v) is 4.29. The van der Waals surface area contributed by atoms with Gasteiger partial charge in [-0.05, 0) is 26.7 Å². The minimum Gasteiger partial charge on any atom is -0.367 e. The fourth-order valence-corrected chi connectivity index (χ4v) is 2.84. The van der Waals surface area contributed by atoms with Crippen LogP contribution in [0.5, 0.6) is 0 Å². The van der Waals surface area contributed by atoms with E-state index >= 15 is 0 Å². The summed E-state index contributed by atoms with van der Waals surface area (Å²) in [5, 5.41) is 6.76. The van der Waals surface area contributed by atoms with Gasteiger partial charge in [0, 0.05) is 12.0 Å². The van der Waals surface area contributed by atoms with Gasteiger partial charge in [-0.1, -0.05) is 5.16 Å². The maximum absolute atomic E-state index is 5.79. The van der Waals surface area contributed by atoms with Gasteiger partial charge in [-0.15, -0.1) is 11.3 Å². The van der Waals surface area contributed by atoms with Crippen LogP contribution in [0.1, 0.15) is 43.6 Å². The number of hydrogen-bond acceptors (Lipinski definition) is 7. The van der Waals surface area contributed by atoms with E-state index in [1.807, 2.05) is 19.2 Å². The second kappa shape index (κ2) is 4.66. The minimum absolute atomic E-state index is 0.0863. The van der Waals surface area contributed by atoms with Crippen LogP contribution in [0.3, 0.4) is 0 Å². The summed E-state index contributed by atoms with van der Waals surface area (Å²) in [6.45, 7) is 4.63. The maximum atomic E-state index is 5.79. The third-order valence-electron chi connectivity index (χ3n) is 3.25. The zero-order chi connectivity index (χ0) is 13.5. The number of aromatic nitrogens is 3. The second-order valence-corrected chi connectivity index (χ2v) is 5.86. The van der Waals surface area contributed by atoms with Crippen LogP contribution in [0, 0.1) is 0 Å².